The molecule has 0 saturated heterocycles. The van der Waals surface area contributed by atoms with E-state index in [-0.39, 0.29) is 18.9 Å². The first kappa shape index (κ1) is 16.0. The average Bonchev–Trinajstić information content (AvgIpc) is 2.83. The Kier molecular flexibility index (Phi) is 4.83. The molecule has 1 aromatic heterocycles. The van der Waals surface area contributed by atoms with Crippen molar-refractivity contribution in [2.75, 3.05) is 18.1 Å². The van der Waals surface area contributed by atoms with Crippen molar-refractivity contribution in [2.45, 2.75) is 13.3 Å². The fraction of sp³-hybridized carbons (Fsp3) is 0.333. The second-order valence-electron chi connectivity index (χ2n) is 4.65. The molecule has 2 N–H and O–H groups in total. The Morgan fingerprint density at radius 1 is 1.36 bits per heavy atom. The minimum absolute atomic E-state index is 0.0429. The highest BCUT2D eigenvalue weighted by molar-refractivity contribution is 7.88. The SMILES string of the molecule is Cc1nnnn1-c1cccc(NC(=O)CCNS(C)(=O)=O)c1. The van der Waals surface area contributed by atoms with E-state index in [1.165, 1.54) is 0 Å². The average molecular weight is 324 g/mol. The van der Waals surface area contributed by atoms with Gasteiger partial charge in [-0.3, -0.25) is 4.79 Å². The number of amides is 1. The van der Waals surface area contributed by atoms with Gasteiger partial charge in [0.25, 0.3) is 0 Å². The van der Waals surface area contributed by atoms with Crippen LogP contribution in [0.25, 0.3) is 5.69 Å². The normalized spacial score (nSPS) is 11.4. The highest BCUT2D eigenvalue weighted by atomic mass is 32.2. The maximum atomic E-state index is 11.8. The summed E-state index contributed by atoms with van der Waals surface area (Å²) in [5.74, 6) is 0.336. The van der Waals surface area contributed by atoms with Crippen LogP contribution in [0.1, 0.15) is 12.2 Å². The number of carbonyl (C=O) groups excluding carboxylic acids is 1. The molecule has 118 valence electrons. The van der Waals surface area contributed by atoms with Crippen molar-refractivity contribution in [1.29, 1.82) is 0 Å². The van der Waals surface area contributed by atoms with Gasteiger partial charge in [0.15, 0.2) is 5.82 Å². The van der Waals surface area contributed by atoms with Gasteiger partial charge in [0.05, 0.1) is 11.9 Å². The summed E-state index contributed by atoms with van der Waals surface area (Å²) in [7, 11) is -3.29. The first-order valence-corrected chi connectivity index (χ1v) is 8.34. The fourth-order valence-corrected chi connectivity index (χ4v) is 2.23. The van der Waals surface area contributed by atoms with E-state index in [2.05, 4.69) is 25.6 Å². The van der Waals surface area contributed by atoms with Crippen LogP contribution in [0.3, 0.4) is 0 Å². The monoisotopic (exact) mass is 324 g/mol. The van der Waals surface area contributed by atoms with E-state index in [0.29, 0.717) is 11.5 Å². The van der Waals surface area contributed by atoms with Gasteiger partial charge in [-0.1, -0.05) is 6.07 Å². The number of tetrazole rings is 1. The Hall–Kier alpha value is -2.33. The van der Waals surface area contributed by atoms with Crippen LogP contribution in [0, 0.1) is 6.92 Å². The van der Waals surface area contributed by atoms with Crippen molar-refractivity contribution in [2.24, 2.45) is 0 Å². The Balaban J connectivity index is 1.99. The van der Waals surface area contributed by atoms with Crippen LogP contribution in [0.15, 0.2) is 24.3 Å². The minimum Gasteiger partial charge on any atom is -0.326 e. The molecule has 0 bridgehead atoms. The van der Waals surface area contributed by atoms with Crippen LogP contribution in [0.4, 0.5) is 5.69 Å². The molecule has 0 aliphatic heterocycles. The van der Waals surface area contributed by atoms with Crippen molar-refractivity contribution >= 4 is 21.6 Å². The number of anilines is 1. The molecule has 0 spiro atoms. The molecule has 1 heterocycles. The van der Waals surface area contributed by atoms with Crippen LogP contribution < -0.4 is 10.0 Å². The van der Waals surface area contributed by atoms with Gasteiger partial charge in [0.2, 0.25) is 15.9 Å². The van der Waals surface area contributed by atoms with Gasteiger partial charge >= 0.3 is 0 Å². The second kappa shape index (κ2) is 6.62. The van der Waals surface area contributed by atoms with Gasteiger partial charge in [-0.05, 0) is 35.5 Å². The lowest BCUT2D eigenvalue weighted by molar-refractivity contribution is -0.116. The molecule has 9 nitrogen and oxygen atoms in total. The number of sulfonamides is 1. The zero-order valence-corrected chi connectivity index (χ0v) is 13.0. The summed E-state index contributed by atoms with van der Waals surface area (Å²) in [6.45, 7) is 1.82. The van der Waals surface area contributed by atoms with E-state index >= 15 is 0 Å². The van der Waals surface area contributed by atoms with E-state index in [0.717, 1.165) is 11.9 Å². The fourth-order valence-electron chi connectivity index (χ4n) is 1.76. The summed E-state index contributed by atoms with van der Waals surface area (Å²) < 4.78 is 25.6. The Morgan fingerprint density at radius 3 is 2.77 bits per heavy atom. The highest BCUT2D eigenvalue weighted by Crippen LogP contribution is 2.14. The molecule has 2 rings (SSSR count). The smallest absolute Gasteiger partial charge is 0.225 e. The summed E-state index contributed by atoms with van der Waals surface area (Å²) in [5, 5.41) is 13.9. The van der Waals surface area contributed by atoms with Gasteiger partial charge in [-0.2, -0.15) is 4.68 Å². The number of aryl methyl sites for hydroxylation is 1. The molecule has 1 aromatic carbocycles. The topological polar surface area (TPSA) is 119 Å². The number of hydrogen-bond donors (Lipinski definition) is 2. The van der Waals surface area contributed by atoms with E-state index in [1.807, 2.05) is 6.07 Å². The van der Waals surface area contributed by atoms with Crippen molar-refractivity contribution < 1.29 is 13.2 Å². The number of nitrogens with zero attached hydrogens (tertiary/aromatic N) is 4. The summed E-state index contributed by atoms with van der Waals surface area (Å²) in [5.41, 5.74) is 1.30. The molecular weight excluding hydrogens is 308 g/mol. The number of rotatable bonds is 6. The number of aromatic nitrogens is 4. The minimum atomic E-state index is -3.29. The summed E-state index contributed by atoms with van der Waals surface area (Å²) in [6, 6.07) is 7.03. The number of carbonyl (C=O) groups is 1. The molecule has 0 saturated carbocycles. The lowest BCUT2D eigenvalue weighted by Gasteiger charge is -2.08. The lowest BCUT2D eigenvalue weighted by atomic mass is 10.2. The summed E-state index contributed by atoms with van der Waals surface area (Å²) in [4.78, 5) is 11.8. The van der Waals surface area contributed by atoms with Crippen molar-refractivity contribution in [3.8, 4) is 5.69 Å². The Bertz CT molecular complexity index is 771. The Labute approximate surface area is 127 Å². The molecule has 0 radical (unpaired) electrons. The summed E-state index contributed by atoms with van der Waals surface area (Å²) >= 11 is 0. The zero-order chi connectivity index (χ0) is 16.2. The number of benzene rings is 1. The third-order valence-electron chi connectivity index (χ3n) is 2.72. The zero-order valence-electron chi connectivity index (χ0n) is 12.1. The van der Waals surface area contributed by atoms with Crippen molar-refractivity contribution in [3.05, 3.63) is 30.1 Å². The molecule has 0 unspecified atom stereocenters. The second-order valence-corrected chi connectivity index (χ2v) is 6.49. The van der Waals surface area contributed by atoms with Crippen LogP contribution in [0.2, 0.25) is 0 Å². The van der Waals surface area contributed by atoms with Crippen molar-refractivity contribution in [3.63, 3.8) is 0 Å². The quantitative estimate of drug-likeness (QED) is 0.762. The van der Waals surface area contributed by atoms with Crippen LogP contribution in [0.5, 0.6) is 0 Å². The third-order valence-corrected chi connectivity index (χ3v) is 3.44. The number of nitrogens with one attached hydrogen (secondary N) is 2. The Morgan fingerprint density at radius 2 is 2.14 bits per heavy atom. The van der Waals surface area contributed by atoms with Gasteiger partial charge in [0.1, 0.15) is 0 Å². The molecule has 22 heavy (non-hydrogen) atoms. The molecule has 1 amide bonds. The molecule has 0 aliphatic rings. The molecule has 10 heteroatoms. The van der Waals surface area contributed by atoms with Crippen LogP contribution in [-0.4, -0.2) is 47.3 Å². The third kappa shape index (κ3) is 4.60. The largest absolute Gasteiger partial charge is 0.326 e. The van der Waals surface area contributed by atoms with E-state index in [9.17, 15) is 13.2 Å². The van der Waals surface area contributed by atoms with E-state index < -0.39 is 10.0 Å². The van der Waals surface area contributed by atoms with Crippen LogP contribution >= 0.6 is 0 Å². The maximum absolute atomic E-state index is 11.8. The standard InChI is InChI=1S/C12H16N6O3S/c1-9-15-16-17-18(9)11-5-3-4-10(8-11)14-12(19)6-7-13-22(2,20)21/h3-5,8,13H,6-7H2,1-2H3,(H,14,19). The summed E-state index contributed by atoms with van der Waals surface area (Å²) in [6.07, 6.45) is 1.09. The first-order chi connectivity index (χ1) is 10.3. The van der Waals surface area contributed by atoms with Gasteiger partial charge < -0.3 is 5.32 Å². The number of hydrogen-bond acceptors (Lipinski definition) is 6. The molecular formula is C12H16N6O3S. The molecule has 0 fully saturated rings. The maximum Gasteiger partial charge on any atom is 0.225 e. The van der Waals surface area contributed by atoms with Crippen molar-refractivity contribution in [1.82, 2.24) is 24.9 Å². The first-order valence-electron chi connectivity index (χ1n) is 6.45. The van der Waals surface area contributed by atoms with Gasteiger partial charge in [-0.25, -0.2) is 13.1 Å². The molecule has 0 atom stereocenters. The lowest BCUT2D eigenvalue weighted by Crippen LogP contribution is -2.26. The highest BCUT2D eigenvalue weighted by Gasteiger charge is 2.07. The van der Waals surface area contributed by atoms with E-state index in [4.69, 9.17) is 0 Å². The molecule has 0 aliphatic carbocycles. The van der Waals surface area contributed by atoms with E-state index in [1.54, 1.807) is 29.8 Å². The van der Waals surface area contributed by atoms with Gasteiger partial charge in [-0.15, -0.1) is 5.10 Å². The molecule has 2 aromatic rings. The van der Waals surface area contributed by atoms with Crippen LogP contribution in [-0.2, 0) is 14.8 Å². The van der Waals surface area contributed by atoms with Gasteiger partial charge in [0, 0.05) is 18.7 Å². The predicted octanol–water partition coefficient (Wildman–Crippen LogP) is -0.151. The predicted molar refractivity (Wildman–Crippen MR) is 80.0 cm³/mol.